The summed E-state index contributed by atoms with van der Waals surface area (Å²) in [5.74, 6) is -0.0684. The molecule has 1 heterocycles. The standard InChI is InChI=1S/C12H11Cl2FN2O/c1-17-11(14)6-16-12(17)10(18)5-7-8(13)3-2-4-9(7)15/h2-4,6,10,18H,5H2,1H3. The lowest BCUT2D eigenvalue weighted by Gasteiger charge is -2.12. The number of imidazole rings is 1. The molecule has 96 valence electrons. The van der Waals surface area contributed by atoms with Crippen LogP contribution >= 0.6 is 23.2 Å². The molecule has 1 atom stereocenters. The molecule has 0 spiro atoms. The number of benzene rings is 1. The van der Waals surface area contributed by atoms with Crippen LogP contribution in [-0.4, -0.2) is 14.7 Å². The summed E-state index contributed by atoms with van der Waals surface area (Å²) in [5.41, 5.74) is 0.269. The Balaban J connectivity index is 2.27. The van der Waals surface area contributed by atoms with Gasteiger partial charge < -0.3 is 9.67 Å². The molecule has 0 aliphatic heterocycles. The fourth-order valence-corrected chi connectivity index (χ4v) is 2.10. The Morgan fingerprint density at radius 3 is 2.72 bits per heavy atom. The van der Waals surface area contributed by atoms with E-state index in [9.17, 15) is 9.50 Å². The summed E-state index contributed by atoms with van der Waals surface area (Å²) < 4.78 is 15.1. The number of aliphatic hydroxyl groups is 1. The topological polar surface area (TPSA) is 38.0 Å². The molecule has 0 saturated carbocycles. The third kappa shape index (κ3) is 2.51. The molecule has 6 heteroatoms. The molecular formula is C12H11Cl2FN2O. The van der Waals surface area contributed by atoms with Crippen molar-refractivity contribution in [3.8, 4) is 0 Å². The lowest BCUT2D eigenvalue weighted by atomic mass is 10.1. The van der Waals surface area contributed by atoms with Crippen LogP contribution in [0.3, 0.4) is 0 Å². The van der Waals surface area contributed by atoms with Crippen LogP contribution in [0.1, 0.15) is 17.5 Å². The van der Waals surface area contributed by atoms with Gasteiger partial charge in [0, 0.05) is 24.1 Å². The highest BCUT2D eigenvalue weighted by molar-refractivity contribution is 6.31. The van der Waals surface area contributed by atoms with Crippen LogP contribution in [0.5, 0.6) is 0 Å². The molecule has 0 amide bonds. The molecule has 2 rings (SSSR count). The molecule has 1 N–H and O–H groups in total. The van der Waals surface area contributed by atoms with Gasteiger partial charge in [-0.15, -0.1) is 0 Å². The van der Waals surface area contributed by atoms with E-state index in [-0.39, 0.29) is 17.0 Å². The van der Waals surface area contributed by atoms with Crippen molar-refractivity contribution >= 4 is 23.2 Å². The van der Waals surface area contributed by atoms with Gasteiger partial charge in [-0.2, -0.15) is 0 Å². The van der Waals surface area contributed by atoms with Crippen molar-refractivity contribution in [1.82, 2.24) is 9.55 Å². The van der Waals surface area contributed by atoms with Crippen LogP contribution in [0.25, 0.3) is 0 Å². The van der Waals surface area contributed by atoms with Crippen molar-refractivity contribution in [2.75, 3.05) is 0 Å². The van der Waals surface area contributed by atoms with E-state index in [0.717, 1.165) is 0 Å². The summed E-state index contributed by atoms with van der Waals surface area (Å²) >= 11 is 11.7. The molecular weight excluding hydrogens is 278 g/mol. The number of aromatic nitrogens is 2. The van der Waals surface area contributed by atoms with Gasteiger partial charge in [-0.25, -0.2) is 9.37 Å². The zero-order chi connectivity index (χ0) is 13.3. The van der Waals surface area contributed by atoms with Gasteiger partial charge in [-0.3, -0.25) is 0 Å². The van der Waals surface area contributed by atoms with Gasteiger partial charge in [0.25, 0.3) is 0 Å². The normalized spacial score (nSPS) is 12.7. The Hall–Kier alpha value is -1.10. The third-order valence-electron chi connectivity index (χ3n) is 2.72. The van der Waals surface area contributed by atoms with Crippen molar-refractivity contribution in [3.63, 3.8) is 0 Å². The Morgan fingerprint density at radius 2 is 2.17 bits per heavy atom. The molecule has 1 aromatic carbocycles. The zero-order valence-corrected chi connectivity index (χ0v) is 11.1. The average molecular weight is 289 g/mol. The summed E-state index contributed by atoms with van der Waals surface area (Å²) in [6.45, 7) is 0. The Labute approximate surface area is 114 Å². The fraction of sp³-hybridized carbons (Fsp3) is 0.250. The SMILES string of the molecule is Cn1c(Cl)cnc1C(O)Cc1c(F)cccc1Cl. The van der Waals surface area contributed by atoms with Gasteiger partial charge in [0.15, 0.2) is 0 Å². The van der Waals surface area contributed by atoms with Gasteiger partial charge in [-0.1, -0.05) is 29.3 Å². The van der Waals surface area contributed by atoms with E-state index in [1.807, 2.05) is 0 Å². The maximum absolute atomic E-state index is 13.6. The number of hydrogen-bond acceptors (Lipinski definition) is 2. The first kappa shape index (κ1) is 13.3. The first-order valence-corrected chi connectivity index (χ1v) is 6.04. The molecule has 18 heavy (non-hydrogen) atoms. The van der Waals surface area contributed by atoms with E-state index in [1.54, 1.807) is 17.7 Å². The quantitative estimate of drug-likeness (QED) is 0.942. The van der Waals surface area contributed by atoms with E-state index < -0.39 is 11.9 Å². The monoisotopic (exact) mass is 288 g/mol. The van der Waals surface area contributed by atoms with Crippen LogP contribution in [0.15, 0.2) is 24.4 Å². The van der Waals surface area contributed by atoms with Gasteiger partial charge in [0.1, 0.15) is 22.9 Å². The molecule has 1 unspecified atom stereocenters. The summed E-state index contributed by atoms with van der Waals surface area (Å²) in [6.07, 6.45) is 0.521. The number of nitrogens with zero attached hydrogens (tertiary/aromatic N) is 2. The lowest BCUT2D eigenvalue weighted by molar-refractivity contribution is 0.164. The number of aliphatic hydroxyl groups excluding tert-OH is 1. The average Bonchev–Trinajstić information content (AvgIpc) is 2.65. The van der Waals surface area contributed by atoms with Crippen LogP contribution < -0.4 is 0 Å². The molecule has 0 saturated heterocycles. The Kier molecular flexibility index (Phi) is 3.90. The number of hydrogen-bond donors (Lipinski definition) is 1. The molecule has 0 bridgehead atoms. The molecule has 0 radical (unpaired) electrons. The maximum atomic E-state index is 13.6. The predicted octanol–water partition coefficient (Wildman–Crippen LogP) is 3.14. The summed E-state index contributed by atoms with van der Waals surface area (Å²) in [6, 6.07) is 4.41. The van der Waals surface area contributed by atoms with Gasteiger partial charge in [0.2, 0.25) is 0 Å². The summed E-state index contributed by atoms with van der Waals surface area (Å²) in [7, 11) is 1.68. The Bertz CT molecular complexity index is 551. The van der Waals surface area contributed by atoms with E-state index in [2.05, 4.69) is 4.98 Å². The van der Waals surface area contributed by atoms with Crippen molar-refractivity contribution < 1.29 is 9.50 Å². The van der Waals surface area contributed by atoms with E-state index in [0.29, 0.717) is 11.0 Å². The van der Waals surface area contributed by atoms with E-state index in [1.165, 1.54) is 18.3 Å². The largest absolute Gasteiger partial charge is 0.385 e. The zero-order valence-electron chi connectivity index (χ0n) is 9.57. The molecule has 0 fully saturated rings. The van der Waals surface area contributed by atoms with Gasteiger partial charge in [0.05, 0.1) is 6.20 Å². The highest BCUT2D eigenvalue weighted by Gasteiger charge is 2.18. The highest BCUT2D eigenvalue weighted by Crippen LogP contribution is 2.26. The van der Waals surface area contributed by atoms with Crippen molar-refractivity contribution in [2.24, 2.45) is 7.05 Å². The van der Waals surface area contributed by atoms with Gasteiger partial charge >= 0.3 is 0 Å². The fourth-order valence-electron chi connectivity index (χ4n) is 1.72. The first-order valence-electron chi connectivity index (χ1n) is 5.28. The van der Waals surface area contributed by atoms with Crippen molar-refractivity contribution in [2.45, 2.75) is 12.5 Å². The molecule has 0 aliphatic carbocycles. The predicted molar refractivity (Wildman–Crippen MR) is 68.3 cm³/mol. The Morgan fingerprint density at radius 1 is 1.44 bits per heavy atom. The van der Waals surface area contributed by atoms with Crippen LogP contribution in [-0.2, 0) is 13.5 Å². The van der Waals surface area contributed by atoms with E-state index in [4.69, 9.17) is 23.2 Å². The second-order valence-electron chi connectivity index (χ2n) is 3.92. The second kappa shape index (κ2) is 5.26. The lowest BCUT2D eigenvalue weighted by Crippen LogP contribution is -2.10. The van der Waals surface area contributed by atoms with Crippen LogP contribution in [0.4, 0.5) is 4.39 Å². The summed E-state index contributed by atoms with van der Waals surface area (Å²) in [5, 5.41) is 10.7. The van der Waals surface area contributed by atoms with Crippen LogP contribution in [0.2, 0.25) is 10.2 Å². The smallest absolute Gasteiger partial charge is 0.138 e. The maximum Gasteiger partial charge on any atom is 0.138 e. The van der Waals surface area contributed by atoms with Gasteiger partial charge in [-0.05, 0) is 12.1 Å². The van der Waals surface area contributed by atoms with E-state index >= 15 is 0 Å². The minimum atomic E-state index is -0.961. The first-order chi connectivity index (χ1) is 8.50. The number of rotatable bonds is 3. The highest BCUT2D eigenvalue weighted by atomic mass is 35.5. The molecule has 0 aliphatic rings. The minimum Gasteiger partial charge on any atom is -0.385 e. The van der Waals surface area contributed by atoms with Crippen LogP contribution in [0, 0.1) is 5.82 Å². The minimum absolute atomic E-state index is 0.0483. The second-order valence-corrected chi connectivity index (χ2v) is 4.71. The third-order valence-corrected chi connectivity index (χ3v) is 3.43. The summed E-state index contributed by atoms with van der Waals surface area (Å²) in [4.78, 5) is 3.99. The molecule has 3 nitrogen and oxygen atoms in total. The van der Waals surface area contributed by atoms with Crippen molar-refractivity contribution in [3.05, 3.63) is 51.8 Å². The molecule has 1 aromatic heterocycles. The van der Waals surface area contributed by atoms with Crippen molar-refractivity contribution in [1.29, 1.82) is 0 Å². The molecule has 2 aromatic rings. The number of halogens is 3.